The van der Waals surface area contributed by atoms with Gasteiger partial charge in [-0.2, -0.15) is 0 Å². The minimum absolute atomic E-state index is 0.0552. The Morgan fingerprint density at radius 3 is 2.82 bits per heavy atom. The van der Waals surface area contributed by atoms with Crippen LogP contribution < -0.4 is 11.1 Å². The summed E-state index contributed by atoms with van der Waals surface area (Å²) in [7, 11) is 0. The lowest BCUT2D eigenvalue weighted by Crippen LogP contribution is -2.37. The summed E-state index contributed by atoms with van der Waals surface area (Å²) in [6.07, 6.45) is 3.42. The number of aromatic amines is 1. The Hall–Kier alpha value is -3.79. The number of nitro groups is 1. The van der Waals surface area contributed by atoms with Gasteiger partial charge in [0.05, 0.1) is 33.5 Å². The van der Waals surface area contributed by atoms with Crippen molar-refractivity contribution in [1.29, 1.82) is 0 Å². The fourth-order valence-corrected chi connectivity index (χ4v) is 4.61. The topological polar surface area (TPSA) is 131 Å². The monoisotopic (exact) mass is 460 g/mol. The third-order valence-corrected chi connectivity index (χ3v) is 6.65. The number of H-pyrrole nitrogens is 1. The number of hydrogen-bond donors (Lipinski definition) is 2. The third kappa shape index (κ3) is 4.49. The summed E-state index contributed by atoms with van der Waals surface area (Å²) in [5.41, 5.74) is 10.6. The standard InChI is InChI=1S/C24H28N8O2/c1-16-26-15-24(32(33)34)31(16)11-10-30-8-6-17(7-9-30)14-27-21-13-23-22(12-18(21)25)28-19-4-2-3-5-20(19)29-23/h2-5,12-13,15,17,29H,6-11,14,25H2,1H3. The zero-order valence-corrected chi connectivity index (χ0v) is 19.1. The lowest BCUT2D eigenvalue weighted by atomic mass is 9.97. The van der Waals surface area contributed by atoms with Crippen LogP contribution in [0.3, 0.4) is 0 Å². The average Bonchev–Trinajstić information content (AvgIpc) is 3.21. The number of nitrogen functional groups attached to an aromatic ring is 1. The predicted octanol–water partition coefficient (Wildman–Crippen LogP) is 2.98. The van der Waals surface area contributed by atoms with Crippen molar-refractivity contribution in [3.8, 4) is 11.4 Å². The fourth-order valence-electron chi connectivity index (χ4n) is 4.61. The lowest BCUT2D eigenvalue weighted by molar-refractivity contribution is -0.392. The minimum Gasteiger partial charge on any atom is -0.397 e. The van der Waals surface area contributed by atoms with Gasteiger partial charge in [-0.3, -0.25) is 9.89 Å². The van der Waals surface area contributed by atoms with Crippen molar-refractivity contribution in [2.45, 2.75) is 26.3 Å². The molecule has 34 heavy (non-hydrogen) atoms. The molecule has 1 aromatic heterocycles. The van der Waals surface area contributed by atoms with E-state index >= 15 is 0 Å². The molecule has 2 aliphatic heterocycles. The molecule has 3 N–H and O–H groups in total. The highest BCUT2D eigenvalue weighted by Gasteiger charge is 2.22. The number of para-hydroxylation sites is 2. The van der Waals surface area contributed by atoms with Crippen LogP contribution in [0.5, 0.6) is 0 Å². The van der Waals surface area contributed by atoms with Crippen LogP contribution in [-0.4, -0.2) is 55.5 Å². The molecular weight excluding hydrogens is 432 g/mol. The van der Waals surface area contributed by atoms with Gasteiger partial charge in [-0.25, -0.2) is 14.5 Å². The molecule has 0 radical (unpaired) electrons. The summed E-state index contributed by atoms with van der Waals surface area (Å²) in [6.45, 7) is 5.80. The van der Waals surface area contributed by atoms with Gasteiger partial charge >= 0.3 is 5.82 Å². The van der Waals surface area contributed by atoms with Crippen molar-refractivity contribution in [3.63, 3.8) is 0 Å². The molecule has 0 atom stereocenters. The smallest absolute Gasteiger partial charge is 0.342 e. The molecule has 3 heterocycles. The molecule has 0 unspecified atom stereocenters. The van der Waals surface area contributed by atoms with E-state index in [2.05, 4.69) is 14.9 Å². The van der Waals surface area contributed by atoms with Crippen molar-refractivity contribution < 1.29 is 4.92 Å². The molecule has 176 valence electrons. The molecular formula is C24H28N8O2. The molecule has 1 aromatic carbocycles. The van der Waals surface area contributed by atoms with E-state index in [0.717, 1.165) is 66.8 Å². The van der Waals surface area contributed by atoms with Gasteiger partial charge in [0.25, 0.3) is 0 Å². The average molecular weight is 461 g/mol. The zero-order chi connectivity index (χ0) is 23.7. The number of hydrogen-bond acceptors (Lipinski definition) is 7. The largest absolute Gasteiger partial charge is 0.397 e. The van der Waals surface area contributed by atoms with Gasteiger partial charge in [0.15, 0.2) is 5.82 Å². The van der Waals surface area contributed by atoms with Gasteiger partial charge in [-0.15, -0.1) is 0 Å². The molecule has 5 rings (SSSR count). The van der Waals surface area contributed by atoms with Gasteiger partial charge in [0, 0.05) is 20.0 Å². The first-order chi connectivity index (χ1) is 16.5. The van der Waals surface area contributed by atoms with Gasteiger partial charge in [0.2, 0.25) is 0 Å². The van der Waals surface area contributed by atoms with Crippen LogP contribution >= 0.6 is 0 Å². The maximum atomic E-state index is 11.2. The number of nitrogens with zero attached hydrogens (tertiary/aromatic N) is 6. The second-order valence-electron chi connectivity index (χ2n) is 8.88. The number of likely N-dealkylation sites (tertiary alicyclic amines) is 1. The Balaban J connectivity index is 1.21. The molecule has 10 heteroatoms. The number of aromatic nitrogens is 4. The van der Waals surface area contributed by atoms with E-state index in [-0.39, 0.29) is 10.7 Å². The first-order valence-electron chi connectivity index (χ1n) is 11.6. The second-order valence-corrected chi connectivity index (χ2v) is 8.88. The highest BCUT2D eigenvalue weighted by Crippen LogP contribution is 2.22. The molecule has 0 amide bonds. The van der Waals surface area contributed by atoms with Gasteiger partial charge in [-0.05, 0) is 61.0 Å². The molecule has 0 bridgehead atoms. The van der Waals surface area contributed by atoms with Crippen LogP contribution in [0.25, 0.3) is 22.4 Å². The summed E-state index contributed by atoms with van der Waals surface area (Å²) < 4.78 is 1.68. The number of imidazole rings is 1. The summed E-state index contributed by atoms with van der Waals surface area (Å²) in [4.78, 5) is 30.2. The number of nitrogens with two attached hydrogens (primary N) is 1. The van der Waals surface area contributed by atoms with Crippen LogP contribution in [0.4, 0.5) is 11.5 Å². The minimum atomic E-state index is -0.372. The van der Waals surface area contributed by atoms with Crippen LogP contribution in [-0.2, 0) is 6.54 Å². The summed E-state index contributed by atoms with van der Waals surface area (Å²) >= 11 is 0. The first-order valence-corrected chi connectivity index (χ1v) is 11.6. The molecule has 2 aromatic rings. The second kappa shape index (κ2) is 9.22. The van der Waals surface area contributed by atoms with Gasteiger partial charge in [0.1, 0.15) is 12.7 Å². The number of aryl methyl sites for hydroxylation is 1. The van der Waals surface area contributed by atoms with E-state index in [9.17, 15) is 10.1 Å². The number of piperidine rings is 1. The van der Waals surface area contributed by atoms with Crippen LogP contribution in [0, 0.1) is 23.0 Å². The highest BCUT2D eigenvalue weighted by atomic mass is 16.6. The van der Waals surface area contributed by atoms with Crippen molar-refractivity contribution in [3.05, 3.63) is 63.9 Å². The van der Waals surface area contributed by atoms with Gasteiger partial charge < -0.3 is 20.8 Å². The first kappa shape index (κ1) is 22.0. The quantitative estimate of drug-likeness (QED) is 0.197. The SMILES string of the molecule is Cc1ncc([N+](=O)[O-])n1CCN1CCC(CN=c2cc3[nH]c4ccccc4nc-3cc2N)CC1. The Bertz CT molecular complexity index is 1370. The Labute approximate surface area is 196 Å². The van der Waals surface area contributed by atoms with Gasteiger partial charge in [-0.1, -0.05) is 12.1 Å². The van der Waals surface area contributed by atoms with E-state index in [1.54, 1.807) is 11.5 Å². The number of nitrogens with one attached hydrogen (secondary N) is 1. The number of fused-ring (bicyclic) bond motifs is 2. The van der Waals surface area contributed by atoms with Crippen molar-refractivity contribution in [1.82, 2.24) is 24.4 Å². The number of anilines is 1. The number of rotatable bonds is 6. The zero-order valence-electron chi connectivity index (χ0n) is 19.1. The molecule has 0 spiro atoms. The molecule has 0 saturated carbocycles. The van der Waals surface area contributed by atoms with Crippen LogP contribution in [0.1, 0.15) is 18.7 Å². The van der Waals surface area contributed by atoms with Crippen LogP contribution in [0.2, 0.25) is 0 Å². The molecule has 1 saturated heterocycles. The van der Waals surface area contributed by atoms with E-state index in [0.29, 0.717) is 24.0 Å². The summed E-state index contributed by atoms with van der Waals surface area (Å²) in [5, 5.41) is 12.0. The molecule has 1 aliphatic carbocycles. The van der Waals surface area contributed by atoms with E-state index in [1.807, 2.05) is 36.4 Å². The normalized spacial score (nSPS) is 16.0. The molecule has 10 nitrogen and oxygen atoms in total. The third-order valence-electron chi connectivity index (χ3n) is 6.65. The van der Waals surface area contributed by atoms with E-state index in [1.165, 1.54) is 6.20 Å². The molecule has 3 aliphatic rings. The lowest BCUT2D eigenvalue weighted by Gasteiger charge is -2.30. The highest BCUT2D eigenvalue weighted by molar-refractivity contribution is 5.79. The number of benzene rings is 2. The van der Waals surface area contributed by atoms with Crippen molar-refractivity contribution in [2.75, 3.05) is 31.9 Å². The maximum Gasteiger partial charge on any atom is 0.342 e. The Morgan fingerprint density at radius 2 is 2.03 bits per heavy atom. The Kier molecular flexibility index (Phi) is 5.97. The predicted molar refractivity (Wildman–Crippen MR) is 130 cm³/mol. The Morgan fingerprint density at radius 1 is 1.24 bits per heavy atom. The molecule has 1 fully saturated rings. The summed E-state index contributed by atoms with van der Waals surface area (Å²) in [6, 6.07) is 11.8. The van der Waals surface area contributed by atoms with E-state index in [4.69, 9.17) is 15.7 Å². The van der Waals surface area contributed by atoms with Crippen molar-refractivity contribution >= 4 is 22.5 Å². The summed E-state index contributed by atoms with van der Waals surface area (Å²) in [5.74, 6) is 1.22. The maximum absolute atomic E-state index is 11.2. The van der Waals surface area contributed by atoms with Crippen LogP contribution in [0.15, 0.2) is 47.6 Å². The van der Waals surface area contributed by atoms with Crippen molar-refractivity contribution in [2.24, 2.45) is 10.9 Å². The fraction of sp³-hybridized carbons (Fsp3) is 0.375. The van der Waals surface area contributed by atoms with E-state index < -0.39 is 0 Å².